The molecule has 2 fully saturated rings. The van der Waals surface area contributed by atoms with Crippen molar-refractivity contribution < 1.29 is 14.6 Å². The van der Waals surface area contributed by atoms with Gasteiger partial charge in [-0.25, -0.2) is 0 Å². The third-order valence-electron chi connectivity index (χ3n) is 6.76. The fourth-order valence-electron chi connectivity index (χ4n) is 4.74. The van der Waals surface area contributed by atoms with Gasteiger partial charge < -0.3 is 24.4 Å². The van der Waals surface area contributed by atoms with Crippen LogP contribution < -0.4 is 14.4 Å². The van der Waals surface area contributed by atoms with Crippen molar-refractivity contribution in [3.8, 4) is 11.5 Å². The van der Waals surface area contributed by atoms with Gasteiger partial charge in [0.25, 0.3) is 0 Å². The first-order chi connectivity index (χ1) is 15.2. The maximum absolute atomic E-state index is 11.1. The summed E-state index contributed by atoms with van der Waals surface area (Å²) in [5, 5.41) is 11.1. The highest BCUT2D eigenvalue weighted by Gasteiger charge is 2.34. The molecule has 0 unspecified atom stereocenters. The zero-order valence-corrected chi connectivity index (χ0v) is 18.8. The van der Waals surface area contributed by atoms with E-state index in [-0.39, 0.29) is 0 Å². The molecule has 0 aliphatic carbocycles. The fraction of sp³-hybridized carbons (Fsp3) is 0.538. The highest BCUT2D eigenvalue weighted by molar-refractivity contribution is 5.50. The van der Waals surface area contributed by atoms with Crippen LogP contribution in [-0.2, 0) is 5.60 Å². The van der Waals surface area contributed by atoms with E-state index < -0.39 is 5.60 Å². The second kappa shape index (κ2) is 10.4. The number of hydrogen-bond donors (Lipinski definition) is 1. The van der Waals surface area contributed by atoms with Crippen LogP contribution in [-0.4, -0.2) is 56.4 Å². The molecule has 168 valence electrons. The third kappa shape index (κ3) is 5.72. The minimum Gasteiger partial charge on any atom is -0.497 e. The Morgan fingerprint density at radius 2 is 1.48 bits per heavy atom. The van der Waals surface area contributed by atoms with Crippen molar-refractivity contribution in [2.45, 2.75) is 44.1 Å². The second-order valence-corrected chi connectivity index (χ2v) is 8.85. The Bertz CT molecular complexity index is 792. The lowest BCUT2D eigenvalue weighted by atomic mass is 9.84. The van der Waals surface area contributed by atoms with Gasteiger partial charge in [0.1, 0.15) is 11.5 Å². The highest BCUT2D eigenvalue weighted by atomic mass is 16.5. The van der Waals surface area contributed by atoms with Crippen LogP contribution >= 0.6 is 0 Å². The van der Waals surface area contributed by atoms with Crippen molar-refractivity contribution in [1.82, 2.24) is 4.90 Å². The summed E-state index contributed by atoms with van der Waals surface area (Å²) in [7, 11) is 1.66. The lowest BCUT2D eigenvalue weighted by molar-refractivity contribution is 0.0117. The number of nitrogens with zero attached hydrogens (tertiary/aromatic N) is 2. The lowest BCUT2D eigenvalue weighted by Crippen LogP contribution is -2.42. The number of ether oxygens (including phenoxy) is 2. The Hall–Kier alpha value is -2.24. The summed E-state index contributed by atoms with van der Waals surface area (Å²) < 4.78 is 11.2. The minimum atomic E-state index is -0.764. The van der Waals surface area contributed by atoms with Gasteiger partial charge in [-0.1, -0.05) is 18.6 Å². The molecule has 2 saturated heterocycles. The number of benzene rings is 2. The van der Waals surface area contributed by atoms with Crippen LogP contribution in [0.3, 0.4) is 0 Å². The van der Waals surface area contributed by atoms with Gasteiger partial charge in [-0.2, -0.15) is 0 Å². The van der Waals surface area contributed by atoms with Gasteiger partial charge >= 0.3 is 0 Å². The first-order valence-corrected chi connectivity index (χ1v) is 11.7. The predicted octanol–water partition coefficient (Wildman–Crippen LogP) is 4.44. The average molecular weight is 425 g/mol. The molecule has 5 heteroatoms. The van der Waals surface area contributed by atoms with Crippen molar-refractivity contribution >= 4 is 5.69 Å². The van der Waals surface area contributed by atoms with E-state index in [2.05, 4.69) is 34.1 Å². The van der Waals surface area contributed by atoms with Crippen molar-refractivity contribution in [3.05, 3.63) is 54.1 Å². The van der Waals surface area contributed by atoms with E-state index >= 15 is 0 Å². The maximum atomic E-state index is 11.1. The SMILES string of the molecule is COc1ccc(C2(O)CCN(c3ccc(OCCCN4CCCCC4)cc3)CC2)cc1. The van der Waals surface area contributed by atoms with Crippen LogP contribution in [0.15, 0.2) is 48.5 Å². The number of rotatable bonds is 8. The Kier molecular flexibility index (Phi) is 7.36. The van der Waals surface area contributed by atoms with Crippen LogP contribution in [0, 0.1) is 0 Å². The molecule has 31 heavy (non-hydrogen) atoms. The lowest BCUT2D eigenvalue weighted by Gasteiger charge is -2.39. The summed E-state index contributed by atoms with van der Waals surface area (Å²) in [6.07, 6.45) is 6.59. The molecule has 4 rings (SSSR count). The van der Waals surface area contributed by atoms with Crippen molar-refractivity contribution in [2.24, 2.45) is 0 Å². The van der Waals surface area contributed by atoms with Gasteiger partial charge in [-0.15, -0.1) is 0 Å². The zero-order valence-electron chi connectivity index (χ0n) is 18.8. The molecule has 0 aromatic heterocycles. The average Bonchev–Trinajstić information content (AvgIpc) is 2.83. The summed E-state index contributed by atoms with van der Waals surface area (Å²) in [5.74, 6) is 1.76. The van der Waals surface area contributed by atoms with Gasteiger partial charge in [-0.3, -0.25) is 0 Å². The molecular formula is C26H36N2O3. The number of likely N-dealkylation sites (tertiary alicyclic amines) is 1. The smallest absolute Gasteiger partial charge is 0.119 e. The zero-order chi connectivity index (χ0) is 21.5. The Morgan fingerprint density at radius 1 is 0.839 bits per heavy atom. The number of hydrogen-bond acceptors (Lipinski definition) is 5. The first-order valence-electron chi connectivity index (χ1n) is 11.7. The number of anilines is 1. The molecule has 2 aromatic carbocycles. The van der Waals surface area contributed by atoms with E-state index in [4.69, 9.17) is 9.47 Å². The summed E-state index contributed by atoms with van der Waals surface area (Å²) in [4.78, 5) is 4.90. The van der Waals surface area contributed by atoms with E-state index in [9.17, 15) is 5.11 Å². The minimum absolute atomic E-state index is 0.716. The van der Waals surface area contributed by atoms with Crippen molar-refractivity contribution in [2.75, 3.05) is 51.3 Å². The third-order valence-corrected chi connectivity index (χ3v) is 6.76. The largest absolute Gasteiger partial charge is 0.497 e. The molecule has 1 N–H and O–H groups in total. The standard InChI is InChI=1S/C26H36N2O3/c1-30-24-10-6-22(7-11-24)26(29)14-19-28(20-15-26)23-8-12-25(13-9-23)31-21-5-18-27-16-3-2-4-17-27/h6-13,29H,2-5,14-21H2,1H3. The fourth-order valence-corrected chi connectivity index (χ4v) is 4.74. The van der Waals surface area contributed by atoms with Crippen LogP contribution in [0.4, 0.5) is 5.69 Å². The number of methoxy groups -OCH3 is 1. The van der Waals surface area contributed by atoms with E-state index in [1.165, 1.54) is 38.0 Å². The molecule has 0 saturated carbocycles. The Morgan fingerprint density at radius 3 is 2.13 bits per heavy atom. The van der Waals surface area contributed by atoms with E-state index in [1.807, 2.05) is 24.3 Å². The topological polar surface area (TPSA) is 45.2 Å². The van der Waals surface area contributed by atoms with Gasteiger partial charge in [0, 0.05) is 25.3 Å². The molecule has 2 heterocycles. The molecule has 2 aromatic rings. The molecule has 0 atom stereocenters. The highest BCUT2D eigenvalue weighted by Crippen LogP contribution is 2.35. The van der Waals surface area contributed by atoms with Gasteiger partial charge in [0.15, 0.2) is 0 Å². The summed E-state index contributed by atoms with van der Waals surface area (Å²) in [5.41, 5.74) is 1.40. The summed E-state index contributed by atoms with van der Waals surface area (Å²) in [6, 6.07) is 16.2. The van der Waals surface area contributed by atoms with Crippen LogP contribution in [0.5, 0.6) is 11.5 Å². The van der Waals surface area contributed by atoms with Crippen LogP contribution in [0.25, 0.3) is 0 Å². The molecule has 0 spiro atoms. The van der Waals surface area contributed by atoms with Crippen LogP contribution in [0.1, 0.15) is 44.1 Å². The predicted molar refractivity (Wildman–Crippen MR) is 125 cm³/mol. The second-order valence-electron chi connectivity index (χ2n) is 8.85. The molecule has 0 radical (unpaired) electrons. The number of aliphatic hydroxyl groups is 1. The normalized spacial score (nSPS) is 19.2. The van der Waals surface area contributed by atoms with Gasteiger partial charge in [0.05, 0.1) is 19.3 Å². The number of piperidine rings is 2. The quantitative estimate of drug-likeness (QED) is 0.635. The van der Waals surface area contributed by atoms with Crippen molar-refractivity contribution in [1.29, 1.82) is 0 Å². The van der Waals surface area contributed by atoms with Gasteiger partial charge in [-0.05, 0) is 87.2 Å². The molecule has 2 aliphatic heterocycles. The van der Waals surface area contributed by atoms with E-state index in [0.717, 1.165) is 49.7 Å². The molecule has 5 nitrogen and oxygen atoms in total. The van der Waals surface area contributed by atoms with E-state index in [1.54, 1.807) is 7.11 Å². The maximum Gasteiger partial charge on any atom is 0.119 e. The molecule has 0 amide bonds. The Balaban J connectivity index is 1.23. The van der Waals surface area contributed by atoms with E-state index in [0.29, 0.717) is 12.8 Å². The monoisotopic (exact) mass is 424 g/mol. The van der Waals surface area contributed by atoms with Crippen LogP contribution in [0.2, 0.25) is 0 Å². The Labute approximate surface area is 186 Å². The summed E-state index contributed by atoms with van der Waals surface area (Å²) in [6.45, 7) is 6.07. The van der Waals surface area contributed by atoms with Gasteiger partial charge in [0.2, 0.25) is 0 Å². The molecule has 0 bridgehead atoms. The van der Waals surface area contributed by atoms with Crippen molar-refractivity contribution in [3.63, 3.8) is 0 Å². The first kappa shape index (κ1) is 22.0. The summed E-state index contributed by atoms with van der Waals surface area (Å²) >= 11 is 0. The molecular weight excluding hydrogens is 388 g/mol. The molecule has 2 aliphatic rings.